The molecular weight excluding hydrogens is 294 g/mol. The molecular formula is C17H27N3O3. The van der Waals surface area contributed by atoms with Crippen LogP contribution in [0.5, 0.6) is 0 Å². The van der Waals surface area contributed by atoms with Crippen LogP contribution >= 0.6 is 0 Å². The van der Waals surface area contributed by atoms with Crippen LogP contribution in [0.1, 0.15) is 39.0 Å². The van der Waals surface area contributed by atoms with Crippen LogP contribution in [0.3, 0.4) is 0 Å². The lowest BCUT2D eigenvalue weighted by atomic mass is 10.1. The normalized spacial score (nSPS) is 26.4. The van der Waals surface area contributed by atoms with Crippen molar-refractivity contribution in [1.82, 2.24) is 14.7 Å². The SMILES string of the molecule is C[C@H](OC[C@H]1CCCCO1)C(=O)N1CCC[C@H]1Cn1cccn1. The van der Waals surface area contributed by atoms with Gasteiger partial charge in [-0.15, -0.1) is 0 Å². The highest BCUT2D eigenvalue weighted by atomic mass is 16.5. The standard InChI is InChI=1S/C17H27N3O3/c1-14(23-13-16-7-2-3-11-22-16)17(21)20-10-4-6-15(20)12-19-9-5-8-18-19/h5,8-9,14-16H,2-4,6-7,10-13H2,1H3/t14-,15-,16+/m0/s1. The molecule has 3 atom stereocenters. The molecule has 23 heavy (non-hydrogen) atoms. The highest BCUT2D eigenvalue weighted by molar-refractivity contribution is 5.81. The van der Waals surface area contributed by atoms with E-state index in [1.807, 2.05) is 28.8 Å². The van der Waals surface area contributed by atoms with Crippen molar-refractivity contribution < 1.29 is 14.3 Å². The molecule has 1 aromatic rings. The summed E-state index contributed by atoms with van der Waals surface area (Å²) in [4.78, 5) is 14.7. The number of carbonyl (C=O) groups excluding carboxylic acids is 1. The van der Waals surface area contributed by atoms with Crippen LogP contribution in [0.15, 0.2) is 18.5 Å². The van der Waals surface area contributed by atoms with E-state index in [2.05, 4.69) is 5.10 Å². The lowest BCUT2D eigenvalue weighted by Gasteiger charge is -2.29. The second-order valence-electron chi connectivity index (χ2n) is 6.52. The van der Waals surface area contributed by atoms with Crippen molar-refractivity contribution in [2.24, 2.45) is 0 Å². The summed E-state index contributed by atoms with van der Waals surface area (Å²) in [7, 11) is 0. The zero-order valence-corrected chi connectivity index (χ0v) is 13.9. The van der Waals surface area contributed by atoms with Gasteiger partial charge in [0.15, 0.2) is 0 Å². The van der Waals surface area contributed by atoms with Crippen molar-refractivity contribution >= 4 is 5.91 Å². The highest BCUT2D eigenvalue weighted by Crippen LogP contribution is 2.21. The van der Waals surface area contributed by atoms with Crippen LogP contribution in [0.25, 0.3) is 0 Å². The van der Waals surface area contributed by atoms with Gasteiger partial charge in [0.1, 0.15) is 6.10 Å². The van der Waals surface area contributed by atoms with Crippen molar-refractivity contribution in [2.45, 2.75) is 63.8 Å². The average molecular weight is 321 g/mol. The highest BCUT2D eigenvalue weighted by Gasteiger charge is 2.32. The molecule has 128 valence electrons. The third-order valence-corrected chi connectivity index (χ3v) is 4.77. The third-order valence-electron chi connectivity index (χ3n) is 4.77. The van der Waals surface area contributed by atoms with Gasteiger partial charge in [0.2, 0.25) is 0 Å². The Morgan fingerprint density at radius 3 is 3.04 bits per heavy atom. The van der Waals surface area contributed by atoms with Crippen molar-refractivity contribution in [3.05, 3.63) is 18.5 Å². The van der Waals surface area contributed by atoms with E-state index in [1.54, 1.807) is 6.20 Å². The number of ether oxygens (including phenoxy) is 2. The van der Waals surface area contributed by atoms with Gasteiger partial charge in [-0.1, -0.05) is 0 Å². The zero-order valence-electron chi connectivity index (χ0n) is 13.9. The summed E-state index contributed by atoms with van der Waals surface area (Å²) in [6, 6.07) is 2.14. The molecule has 0 spiro atoms. The number of hydrogen-bond acceptors (Lipinski definition) is 4. The van der Waals surface area contributed by atoms with Crippen molar-refractivity contribution in [2.75, 3.05) is 19.8 Å². The summed E-state index contributed by atoms with van der Waals surface area (Å²) in [5.74, 6) is 0.0930. The predicted octanol–water partition coefficient (Wildman–Crippen LogP) is 1.85. The van der Waals surface area contributed by atoms with Gasteiger partial charge >= 0.3 is 0 Å². The maximum Gasteiger partial charge on any atom is 0.251 e. The lowest BCUT2D eigenvalue weighted by Crippen LogP contribution is -2.44. The van der Waals surface area contributed by atoms with E-state index in [1.165, 1.54) is 6.42 Å². The first kappa shape index (κ1) is 16.5. The zero-order chi connectivity index (χ0) is 16.1. The molecule has 0 N–H and O–H groups in total. The van der Waals surface area contributed by atoms with Gasteiger partial charge in [-0.3, -0.25) is 9.48 Å². The summed E-state index contributed by atoms with van der Waals surface area (Å²) < 4.78 is 13.4. The van der Waals surface area contributed by atoms with Crippen LogP contribution in [0, 0.1) is 0 Å². The van der Waals surface area contributed by atoms with Crippen molar-refractivity contribution in [3.8, 4) is 0 Å². The van der Waals surface area contributed by atoms with E-state index in [0.717, 1.165) is 45.4 Å². The monoisotopic (exact) mass is 321 g/mol. The van der Waals surface area contributed by atoms with E-state index in [9.17, 15) is 4.79 Å². The third kappa shape index (κ3) is 4.32. The number of amides is 1. The molecule has 3 heterocycles. The lowest BCUT2D eigenvalue weighted by molar-refractivity contribution is -0.147. The topological polar surface area (TPSA) is 56.6 Å². The van der Waals surface area contributed by atoms with E-state index >= 15 is 0 Å². The average Bonchev–Trinajstić information content (AvgIpc) is 3.25. The molecule has 6 heteroatoms. The maximum atomic E-state index is 12.7. The Morgan fingerprint density at radius 1 is 1.39 bits per heavy atom. The Labute approximate surface area is 137 Å². The van der Waals surface area contributed by atoms with E-state index in [4.69, 9.17) is 9.47 Å². The van der Waals surface area contributed by atoms with Crippen molar-refractivity contribution in [3.63, 3.8) is 0 Å². The molecule has 6 nitrogen and oxygen atoms in total. The Hall–Kier alpha value is -1.40. The molecule has 2 aliphatic heterocycles. The number of nitrogens with zero attached hydrogens (tertiary/aromatic N) is 3. The molecule has 1 aromatic heterocycles. The molecule has 3 rings (SSSR count). The Kier molecular flexibility index (Phi) is 5.67. The summed E-state index contributed by atoms with van der Waals surface area (Å²) >= 11 is 0. The van der Waals surface area contributed by atoms with Gasteiger partial charge in [-0.2, -0.15) is 5.10 Å². The van der Waals surface area contributed by atoms with Gasteiger partial charge in [-0.05, 0) is 45.1 Å². The molecule has 0 aromatic carbocycles. The fourth-order valence-corrected chi connectivity index (χ4v) is 3.44. The van der Waals surface area contributed by atoms with E-state index in [-0.39, 0.29) is 18.1 Å². The minimum atomic E-state index is -0.404. The van der Waals surface area contributed by atoms with Crippen LogP contribution in [-0.4, -0.2) is 58.6 Å². The minimum absolute atomic E-state index is 0.0930. The maximum absolute atomic E-state index is 12.7. The molecule has 0 radical (unpaired) electrons. The molecule has 1 amide bonds. The first-order valence-corrected chi connectivity index (χ1v) is 8.75. The molecule has 0 saturated carbocycles. The van der Waals surface area contributed by atoms with Crippen LogP contribution < -0.4 is 0 Å². The summed E-state index contributed by atoms with van der Waals surface area (Å²) in [5, 5.41) is 4.25. The smallest absolute Gasteiger partial charge is 0.251 e. The molecule has 0 aliphatic carbocycles. The first-order valence-electron chi connectivity index (χ1n) is 8.75. The van der Waals surface area contributed by atoms with E-state index in [0.29, 0.717) is 6.61 Å². The number of rotatable bonds is 6. The van der Waals surface area contributed by atoms with Gasteiger partial charge < -0.3 is 14.4 Å². The quantitative estimate of drug-likeness (QED) is 0.802. The molecule has 2 fully saturated rings. The Bertz CT molecular complexity index is 485. The number of aromatic nitrogens is 2. The van der Waals surface area contributed by atoms with Gasteiger partial charge in [0.05, 0.1) is 25.3 Å². The molecule has 0 bridgehead atoms. The van der Waals surface area contributed by atoms with Gasteiger partial charge in [0.25, 0.3) is 5.91 Å². The summed E-state index contributed by atoms with van der Waals surface area (Å²) in [6.07, 6.45) is 8.91. The second kappa shape index (κ2) is 7.93. The van der Waals surface area contributed by atoms with Crippen LogP contribution in [0.2, 0.25) is 0 Å². The summed E-state index contributed by atoms with van der Waals surface area (Å²) in [6.45, 7) is 4.77. The van der Waals surface area contributed by atoms with E-state index < -0.39 is 6.10 Å². The molecule has 0 unspecified atom stereocenters. The minimum Gasteiger partial charge on any atom is -0.376 e. The van der Waals surface area contributed by atoms with Gasteiger partial charge in [0, 0.05) is 25.5 Å². The van der Waals surface area contributed by atoms with Crippen molar-refractivity contribution in [1.29, 1.82) is 0 Å². The second-order valence-corrected chi connectivity index (χ2v) is 6.52. The number of likely N-dealkylation sites (tertiary alicyclic amines) is 1. The Morgan fingerprint density at radius 2 is 2.30 bits per heavy atom. The van der Waals surface area contributed by atoms with Gasteiger partial charge in [-0.25, -0.2) is 0 Å². The fourth-order valence-electron chi connectivity index (χ4n) is 3.44. The predicted molar refractivity (Wildman–Crippen MR) is 86.0 cm³/mol. The summed E-state index contributed by atoms with van der Waals surface area (Å²) in [5.41, 5.74) is 0. The first-order chi connectivity index (χ1) is 11.2. The fraction of sp³-hybridized carbons (Fsp3) is 0.765. The number of hydrogen-bond donors (Lipinski definition) is 0. The van der Waals surface area contributed by atoms with Crippen LogP contribution in [-0.2, 0) is 20.8 Å². The molecule has 2 aliphatic rings. The largest absolute Gasteiger partial charge is 0.376 e. The Balaban J connectivity index is 1.49. The van der Waals surface area contributed by atoms with Crippen LogP contribution in [0.4, 0.5) is 0 Å². The molecule has 2 saturated heterocycles. The number of carbonyl (C=O) groups is 1.